The van der Waals surface area contributed by atoms with Gasteiger partial charge in [0.2, 0.25) is 11.6 Å². The molecule has 1 N–H and O–H groups in total. The van der Waals surface area contributed by atoms with Gasteiger partial charge in [-0.3, -0.25) is 0 Å². The number of rotatable bonds is 4. The zero-order valence-corrected chi connectivity index (χ0v) is 16.3. The summed E-state index contributed by atoms with van der Waals surface area (Å²) in [6.07, 6.45) is 4.66. The summed E-state index contributed by atoms with van der Waals surface area (Å²) in [6, 6.07) is 5.92. The summed E-state index contributed by atoms with van der Waals surface area (Å²) in [5.41, 5.74) is 1.88. The van der Waals surface area contributed by atoms with Gasteiger partial charge in [0.05, 0.1) is 17.8 Å². The lowest BCUT2D eigenvalue weighted by Crippen LogP contribution is -2.34. The monoisotopic (exact) mass is 406 g/mol. The first-order chi connectivity index (χ1) is 14.5. The minimum atomic E-state index is -1.15. The van der Waals surface area contributed by atoms with Crippen LogP contribution in [0.4, 0.5) is 15.8 Å². The molecule has 0 unspecified atom stereocenters. The van der Waals surface area contributed by atoms with Crippen molar-refractivity contribution in [2.45, 2.75) is 18.8 Å². The van der Waals surface area contributed by atoms with E-state index in [9.17, 15) is 14.3 Å². The van der Waals surface area contributed by atoms with Gasteiger partial charge in [0.1, 0.15) is 12.2 Å². The Balaban J connectivity index is 1.75. The largest absolute Gasteiger partial charge is 0.479 e. The number of carbonyl (C=O) groups is 1. The standard InChI is InChI=1S/C21H19FN6O2/c1-23-18-16(21(29)30)5-4-15(14-3-6-17(22)24-11-14)19(18)28-9-7-13(8-10-28)20-26-25-12-27(20)2/h3-6,11-13H,7-10H2,2H3,(H,29,30). The summed E-state index contributed by atoms with van der Waals surface area (Å²) in [4.78, 5) is 21.0. The van der Waals surface area contributed by atoms with Crippen LogP contribution in [-0.4, -0.2) is 43.9 Å². The number of carboxylic acids is 1. The van der Waals surface area contributed by atoms with E-state index in [-0.39, 0.29) is 17.2 Å². The molecule has 0 aliphatic carbocycles. The lowest BCUT2D eigenvalue weighted by atomic mass is 9.93. The summed E-state index contributed by atoms with van der Waals surface area (Å²) in [5, 5.41) is 17.7. The van der Waals surface area contributed by atoms with Crippen LogP contribution in [0.5, 0.6) is 0 Å². The van der Waals surface area contributed by atoms with Crippen molar-refractivity contribution in [3.05, 3.63) is 65.5 Å². The van der Waals surface area contributed by atoms with Crippen molar-refractivity contribution in [1.82, 2.24) is 19.7 Å². The number of aromatic carboxylic acids is 1. The van der Waals surface area contributed by atoms with E-state index in [0.29, 0.717) is 29.9 Å². The normalized spacial score (nSPS) is 14.5. The fourth-order valence-electron chi connectivity index (χ4n) is 3.98. The first-order valence-electron chi connectivity index (χ1n) is 9.48. The third-order valence-electron chi connectivity index (χ3n) is 5.45. The van der Waals surface area contributed by atoms with Crippen molar-refractivity contribution in [2.24, 2.45) is 7.05 Å². The molecule has 152 valence electrons. The van der Waals surface area contributed by atoms with E-state index in [2.05, 4.69) is 20.0 Å². The van der Waals surface area contributed by atoms with Gasteiger partial charge in [-0.05, 0) is 30.5 Å². The van der Waals surface area contributed by atoms with E-state index in [0.717, 1.165) is 18.7 Å². The second-order valence-corrected chi connectivity index (χ2v) is 7.21. The number of anilines is 1. The number of benzene rings is 1. The second kappa shape index (κ2) is 7.91. The number of aryl methyl sites for hydroxylation is 1. The van der Waals surface area contributed by atoms with Crippen molar-refractivity contribution < 1.29 is 14.3 Å². The van der Waals surface area contributed by atoms with E-state index in [1.165, 1.54) is 18.3 Å². The van der Waals surface area contributed by atoms with Crippen LogP contribution in [0.3, 0.4) is 0 Å². The fourth-order valence-corrected chi connectivity index (χ4v) is 3.98. The van der Waals surface area contributed by atoms with Crippen molar-refractivity contribution in [3.63, 3.8) is 0 Å². The predicted molar refractivity (Wildman–Crippen MR) is 108 cm³/mol. The summed E-state index contributed by atoms with van der Waals surface area (Å²) in [6.45, 7) is 8.91. The fraction of sp³-hybridized carbons (Fsp3) is 0.286. The van der Waals surface area contributed by atoms with Gasteiger partial charge in [0.25, 0.3) is 0 Å². The Morgan fingerprint density at radius 3 is 2.60 bits per heavy atom. The average molecular weight is 406 g/mol. The van der Waals surface area contributed by atoms with Gasteiger partial charge in [0.15, 0.2) is 0 Å². The molecule has 0 atom stereocenters. The van der Waals surface area contributed by atoms with E-state index in [4.69, 9.17) is 6.57 Å². The molecule has 3 heterocycles. The maximum atomic E-state index is 13.3. The van der Waals surface area contributed by atoms with Crippen molar-refractivity contribution in [1.29, 1.82) is 0 Å². The van der Waals surface area contributed by atoms with Gasteiger partial charge in [-0.1, -0.05) is 12.1 Å². The van der Waals surface area contributed by atoms with Crippen LogP contribution in [0.25, 0.3) is 16.0 Å². The third kappa shape index (κ3) is 3.48. The van der Waals surface area contributed by atoms with Gasteiger partial charge in [-0.15, -0.1) is 10.2 Å². The quantitative estimate of drug-likeness (QED) is 0.526. The Hall–Kier alpha value is -3.80. The molecule has 0 bridgehead atoms. The van der Waals surface area contributed by atoms with Crippen LogP contribution in [0.15, 0.2) is 36.8 Å². The number of carboxylic acid groups (broad SMARTS) is 1. The van der Waals surface area contributed by atoms with E-state index in [1.54, 1.807) is 18.5 Å². The molecule has 9 heteroatoms. The molecule has 8 nitrogen and oxygen atoms in total. The van der Waals surface area contributed by atoms with Crippen LogP contribution in [0.1, 0.15) is 34.9 Å². The minimum absolute atomic E-state index is 0.0470. The van der Waals surface area contributed by atoms with E-state index >= 15 is 0 Å². The topological polar surface area (TPSA) is 88.5 Å². The number of nitrogens with zero attached hydrogens (tertiary/aromatic N) is 6. The highest BCUT2D eigenvalue weighted by atomic mass is 19.1. The van der Waals surface area contributed by atoms with Gasteiger partial charge in [-0.25, -0.2) is 14.6 Å². The average Bonchev–Trinajstić information content (AvgIpc) is 3.19. The number of piperidine rings is 1. The molecule has 3 aromatic rings. The first-order valence-corrected chi connectivity index (χ1v) is 9.48. The van der Waals surface area contributed by atoms with E-state index < -0.39 is 11.9 Å². The summed E-state index contributed by atoms with van der Waals surface area (Å²) in [5.74, 6) is -0.594. The number of aromatic nitrogens is 4. The van der Waals surface area contributed by atoms with Gasteiger partial charge >= 0.3 is 5.97 Å². The summed E-state index contributed by atoms with van der Waals surface area (Å²) >= 11 is 0. The Morgan fingerprint density at radius 2 is 2.03 bits per heavy atom. The van der Waals surface area contributed by atoms with Crippen LogP contribution in [-0.2, 0) is 7.05 Å². The van der Waals surface area contributed by atoms with E-state index in [1.807, 2.05) is 16.5 Å². The molecule has 0 amide bonds. The van der Waals surface area contributed by atoms with Crippen molar-refractivity contribution >= 4 is 17.3 Å². The molecule has 1 aliphatic heterocycles. The summed E-state index contributed by atoms with van der Waals surface area (Å²) in [7, 11) is 1.91. The highest BCUT2D eigenvalue weighted by Gasteiger charge is 2.29. The van der Waals surface area contributed by atoms with Gasteiger partial charge in [0, 0.05) is 37.8 Å². The Kier molecular flexibility index (Phi) is 5.14. The van der Waals surface area contributed by atoms with Gasteiger partial charge in [-0.2, -0.15) is 4.39 Å². The maximum Gasteiger partial charge on any atom is 0.325 e. The highest BCUT2D eigenvalue weighted by Crippen LogP contribution is 2.43. The molecule has 2 aromatic heterocycles. The molecular formula is C21H19FN6O2. The van der Waals surface area contributed by atoms with Crippen molar-refractivity contribution in [2.75, 3.05) is 18.0 Å². The van der Waals surface area contributed by atoms with Gasteiger partial charge < -0.3 is 14.6 Å². The molecule has 1 aliphatic rings. The summed E-state index contributed by atoms with van der Waals surface area (Å²) < 4.78 is 15.2. The van der Waals surface area contributed by atoms with Crippen LogP contribution in [0, 0.1) is 12.5 Å². The SMILES string of the molecule is [C-]#[N+]c1c(C(=O)O)ccc(-c2ccc(F)nc2)c1N1CCC(c2nncn2C)CC1. The van der Waals surface area contributed by atoms with Crippen molar-refractivity contribution in [3.8, 4) is 11.1 Å². The molecule has 0 radical (unpaired) electrons. The lowest BCUT2D eigenvalue weighted by molar-refractivity contribution is 0.0698. The highest BCUT2D eigenvalue weighted by molar-refractivity contribution is 6.02. The third-order valence-corrected chi connectivity index (χ3v) is 5.45. The molecule has 1 fully saturated rings. The maximum absolute atomic E-state index is 13.3. The lowest BCUT2D eigenvalue weighted by Gasteiger charge is -2.35. The zero-order chi connectivity index (χ0) is 21.3. The Bertz CT molecular complexity index is 1130. The van der Waals surface area contributed by atoms with Crippen LogP contribution >= 0.6 is 0 Å². The number of pyridine rings is 1. The Morgan fingerprint density at radius 1 is 1.27 bits per heavy atom. The zero-order valence-electron chi connectivity index (χ0n) is 16.3. The smallest absolute Gasteiger partial charge is 0.325 e. The second-order valence-electron chi connectivity index (χ2n) is 7.21. The number of halogens is 1. The Labute approximate surface area is 172 Å². The first kappa shape index (κ1) is 19.5. The molecule has 30 heavy (non-hydrogen) atoms. The molecule has 4 rings (SSSR count). The predicted octanol–water partition coefficient (Wildman–Crippen LogP) is 3.65. The molecular weight excluding hydrogens is 387 g/mol. The molecule has 1 aromatic carbocycles. The molecule has 1 saturated heterocycles. The molecule has 0 spiro atoms. The number of hydrogen-bond acceptors (Lipinski definition) is 5. The minimum Gasteiger partial charge on any atom is -0.479 e. The van der Waals surface area contributed by atoms with Crippen LogP contribution < -0.4 is 4.90 Å². The van der Waals surface area contributed by atoms with Crippen LogP contribution in [0.2, 0.25) is 0 Å². The number of hydrogen-bond donors (Lipinski definition) is 1. The molecule has 0 saturated carbocycles.